The topological polar surface area (TPSA) is 30.7 Å². The molecule has 0 aliphatic carbocycles. The van der Waals surface area contributed by atoms with Crippen molar-refractivity contribution in [1.29, 1.82) is 0 Å². The van der Waals surface area contributed by atoms with Gasteiger partial charge in [0.05, 0.1) is 21.1 Å². The van der Waals surface area contributed by atoms with E-state index in [-0.39, 0.29) is 0 Å². The zero-order valence-electron chi connectivity index (χ0n) is 8.37. The van der Waals surface area contributed by atoms with E-state index in [4.69, 9.17) is 11.6 Å². The molecule has 5 heteroatoms. The second kappa shape index (κ2) is 4.49. The molecule has 0 saturated carbocycles. The van der Waals surface area contributed by atoms with Gasteiger partial charge in [-0.05, 0) is 22.4 Å². The lowest BCUT2D eigenvalue weighted by Gasteiger charge is -2.01. The van der Waals surface area contributed by atoms with E-state index >= 15 is 0 Å². The Morgan fingerprint density at radius 2 is 2.27 bits per heavy atom. The van der Waals surface area contributed by atoms with Gasteiger partial charge in [-0.3, -0.25) is 0 Å². The Hall–Kier alpha value is -0.610. The van der Waals surface area contributed by atoms with Crippen molar-refractivity contribution in [2.45, 2.75) is 26.3 Å². The fourth-order valence-electron chi connectivity index (χ4n) is 1.44. The van der Waals surface area contributed by atoms with Gasteiger partial charge in [0, 0.05) is 12.7 Å². The summed E-state index contributed by atoms with van der Waals surface area (Å²) in [6, 6.07) is 0. The van der Waals surface area contributed by atoms with E-state index in [2.05, 4.69) is 32.9 Å². The first-order chi connectivity index (χ1) is 7.24. The van der Waals surface area contributed by atoms with Crippen molar-refractivity contribution in [3.05, 3.63) is 21.9 Å². The monoisotopic (exact) mass is 287 g/mol. The van der Waals surface area contributed by atoms with Crippen LogP contribution in [0.25, 0.3) is 11.0 Å². The Morgan fingerprint density at radius 3 is 3.00 bits per heavy atom. The zero-order valence-corrected chi connectivity index (χ0v) is 10.7. The summed E-state index contributed by atoms with van der Waals surface area (Å²) in [5.41, 5.74) is 0.858. The molecule has 2 aromatic rings. The van der Waals surface area contributed by atoms with Crippen molar-refractivity contribution in [2.75, 3.05) is 0 Å². The number of halogens is 2. The largest absolute Gasteiger partial charge is 0.247 e. The number of nitrogens with zero attached hydrogens (tertiary/aromatic N) is 3. The van der Waals surface area contributed by atoms with Gasteiger partial charge in [-0.15, -0.1) is 0 Å². The highest BCUT2D eigenvalue weighted by Gasteiger charge is 2.09. The summed E-state index contributed by atoms with van der Waals surface area (Å²) in [5, 5.41) is 5.87. The molecule has 0 spiro atoms. The fourth-order valence-corrected chi connectivity index (χ4v) is 1.94. The van der Waals surface area contributed by atoms with Gasteiger partial charge in [0.1, 0.15) is 0 Å². The number of fused-ring (bicyclic) bond motifs is 1. The van der Waals surface area contributed by atoms with Gasteiger partial charge in [0.15, 0.2) is 5.65 Å². The molecule has 3 nitrogen and oxygen atoms in total. The minimum atomic E-state index is 0.683. The predicted molar refractivity (Wildman–Crippen MR) is 65.1 cm³/mol. The smallest absolute Gasteiger partial charge is 0.159 e. The third kappa shape index (κ3) is 2.01. The van der Waals surface area contributed by atoms with Gasteiger partial charge in [0.2, 0.25) is 0 Å². The molecule has 0 fully saturated rings. The Bertz CT molecular complexity index is 481. The molecule has 0 saturated heterocycles. The van der Waals surface area contributed by atoms with Crippen LogP contribution in [0, 0.1) is 0 Å². The molecule has 15 heavy (non-hydrogen) atoms. The molecule has 0 atom stereocenters. The first-order valence-electron chi connectivity index (χ1n) is 4.89. The van der Waals surface area contributed by atoms with Crippen molar-refractivity contribution in [3.8, 4) is 0 Å². The van der Waals surface area contributed by atoms with Crippen LogP contribution < -0.4 is 0 Å². The normalized spacial score (nSPS) is 11.1. The van der Waals surface area contributed by atoms with E-state index in [1.165, 1.54) is 0 Å². The van der Waals surface area contributed by atoms with Crippen molar-refractivity contribution in [3.63, 3.8) is 0 Å². The van der Waals surface area contributed by atoms with Crippen LogP contribution in [-0.4, -0.2) is 14.8 Å². The third-order valence-electron chi connectivity index (χ3n) is 2.28. The van der Waals surface area contributed by atoms with Gasteiger partial charge in [-0.25, -0.2) is 9.67 Å². The van der Waals surface area contributed by atoms with E-state index in [9.17, 15) is 0 Å². The van der Waals surface area contributed by atoms with E-state index < -0.39 is 0 Å². The fraction of sp³-hybridized carbons (Fsp3) is 0.400. The van der Waals surface area contributed by atoms with Gasteiger partial charge in [-0.2, -0.15) is 5.10 Å². The van der Waals surface area contributed by atoms with E-state index in [0.717, 1.165) is 34.9 Å². The summed E-state index contributed by atoms with van der Waals surface area (Å²) < 4.78 is 2.71. The molecule has 0 amide bonds. The maximum atomic E-state index is 6.13. The summed E-state index contributed by atoms with van der Waals surface area (Å²) in [5.74, 6) is 0. The van der Waals surface area contributed by atoms with E-state index in [1.807, 2.05) is 4.68 Å². The number of unbranched alkanes of at least 4 members (excludes halogenated alkanes) is 1. The molecule has 0 aliphatic heterocycles. The second-order valence-electron chi connectivity index (χ2n) is 3.38. The van der Waals surface area contributed by atoms with Crippen LogP contribution in [0.15, 0.2) is 16.9 Å². The van der Waals surface area contributed by atoms with E-state index in [1.54, 1.807) is 12.4 Å². The highest BCUT2D eigenvalue weighted by atomic mass is 79.9. The first-order valence-corrected chi connectivity index (χ1v) is 6.06. The van der Waals surface area contributed by atoms with Crippen molar-refractivity contribution < 1.29 is 0 Å². The SMILES string of the molecule is CCCCn1ncc2c(Cl)c(Br)cnc21. The summed E-state index contributed by atoms with van der Waals surface area (Å²) in [6.45, 7) is 3.05. The summed E-state index contributed by atoms with van der Waals surface area (Å²) in [7, 11) is 0. The lowest BCUT2D eigenvalue weighted by Crippen LogP contribution is -2.00. The molecular weight excluding hydrogens is 277 g/mol. The quantitative estimate of drug-likeness (QED) is 0.863. The number of aryl methyl sites for hydroxylation is 1. The Labute approximate surface area is 102 Å². The number of hydrogen-bond acceptors (Lipinski definition) is 2. The van der Waals surface area contributed by atoms with Crippen LogP contribution in [-0.2, 0) is 6.54 Å². The van der Waals surface area contributed by atoms with Crippen LogP contribution in [0.1, 0.15) is 19.8 Å². The maximum absolute atomic E-state index is 6.13. The molecule has 2 aromatic heterocycles. The summed E-state index contributed by atoms with van der Waals surface area (Å²) in [4.78, 5) is 4.32. The second-order valence-corrected chi connectivity index (χ2v) is 4.61. The Kier molecular flexibility index (Phi) is 3.26. The molecule has 80 valence electrons. The highest BCUT2D eigenvalue weighted by Crippen LogP contribution is 2.29. The average Bonchev–Trinajstić information content (AvgIpc) is 2.64. The minimum absolute atomic E-state index is 0.683. The summed E-state index contributed by atoms with van der Waals surface area (Å²) in [6.07, 6.45) is 5.73. The van der Waals surface area contributed by atoms with Gasteiger partial charge >= 0.3 is 0 Å². The molecule has 0 aliphatic rings. The Morgan fingerprint density at radius 1 is 1.47 bits per heavy atom. The third-order valence-corrected chi connectivity index (χ3v) is 3.52. The lowest BCUT2D eigenvalue weighted by atomic mass is 10.3. The van der Waals surface area contributed by atoms with Gasteiger partial charge in [-0.1, -0.05) is 24.9 Å². The predicted octanol–water partition coefficient (Wildman–Crippen LogP) is 3.65. The standard InChI is InChI=1S/C10H11BrClN3/c1-2-3-4-15-10-7(5-14-15)9(12)8(11)6-13-10/h5-6H,2-4H2,1H3. The van der Waals surface area contributed by atoms with Crippen LogP contribution in [0.5, 0.6) is 0 Å². The Balaban J connectivity index is 2.47. The van der Waals surface area contributed by atoms with E-state index in [0.29, 0.717) is 5.02 Å². The first kappa shape index (κ1) is 10.9. The van der Waals surface area contributed by atoms with Gasteiger partial charge < -0.3 is 0 Å². The molecule has 0 aromatic carbocycles. The molecule has 0 N–H and O–H groups in total. The number of pyridine rings is 1. The molecule has 0 bridgehead atoms. The van der Waals surface area contributed by atoms with Crippen molar-refractivity contribution >= 4 is 38.6 Å². The average molecular weight is 289 g/mol. The lowest BCUT2D eigenvalue weighted by molar-refractivity contribution is 0.584. The minimum Gasteiger partial charge on any atom is -0.247 e. The number of rotatable bonds is 3. The molecule has 2 rings (SSSR count). The van der Waals surface area contributed by atoms with Crippen LogP contribution in [0.4, 0.5) is 0 Å². The van der Waals surface area contributed by atoms with Crippen LogP contribution in [0.2, 0.25) is 5.02 Å². The number of aromatic nitrogens is 3. The van der Waals surface area contributed by atoms with Crippen molar-refractivity contribution in [1.82, 2.24) is 14.8 Å². The molecule has 2 heterocycles. The summed E-state index contributed by atoms with van der Waals surface area (Å²) >= 11 is 9.48. The van der Waals surface area contributed by atoms with Crippen LogP contribution in [0.3, 0.4) is 0 Å². The number of hydrogen-bond donors (Lipinski definition) is 0. The van der Waals surface area contributed by atoms with Crippen LogP contribution >= 0.6 is 27.5 Å². The zero-order chi connectivity index (χ0) is 10.8. The molecule has 0 unspecified atom stereocenters. The van der Waals surface area contributed by atoms with Crippen molar-refractivity contribution in [2.24, 2.45) is 0 Å². The molecule has 0 radical (unpaired) electrons. The van der Waals surface area contributed by atoms with Gasteiger partial charge in [0.25, 0.3) is 0 Å². The highest BCUT2D eigenvalue weighted by molar-refractivity contribution is 9.10. The molecular formula is C10H11BrClN3. The maximum Gasteiger partial charge on any atom is 0.159 e.